The van der Waals surface area contributed by atoms with Crippen LogP contribution in [0.1, 0.15) is 56.3 Å². The Morgan fingerprint density at radius 3 is 2.68 bits per heavy atom. The molecule has 5 rings (SSSR count). The van der Waals surface area contributed by atoms with Crippen LogP contribution in [0.25, 0.3) is 10.9 Å². The Labute approximate surface area is 196 Å². The van der Waals surface area contributed by atoms with E-state index in [-0.39, 0.29) is 17.6 Å². The second kappa shape index (κ2) is 8.94. The Balaban J connectivity index is 1.38. The van der Waals surface area contributed by atoms with Gasteiger partial charge in [-0.3, -0.25) is 9.59 Å². The van der Waals surface area contributed by atoms with Gasteiger partial charge in [0.25, 0.3) is 11.8 Å². The minimum atomic E-state index is -0.385. The van der Waals surface area contributed by atoms with Gasteiger partial charge in [-0.2, -0.15) is 5.10 Å². The minimum Gasteiger partial charge on any atom is -0.455 e. The van der Waals surface area contributed by atoms with E-state index >= 15 is 0 Å². The van der Waals surface area contributed by atoms with Crippen LogP contribution in [0.4, 0.5) is 5.69 Å². The van der Waals surface area contributed by atoms with Gasteiger partial charge in [-0.25, -0.2) is 10.4 Å². The zero-order valence-corrected chi connectivity index (χ0v) is 19.0. The summed E-state index contributed by atoms with van der Waals surface area (Å²) in [6.07, 6.45) is 2.21. The van der Waals surface area contributed by atoms with Crippen molar-refractivity contribution in [3.63, 3.8) is 0 Å². The molecular formula is C27H24N4O3. The van der Waals surface area contributed by atoms with Crippen LogP contribution >= 0.6 is 0 Å². The van der Waals surface area contributed by atoms with Crippen LogP contribution in [0.15, 0.2) is 70.2 Å². The molecule has 2 heterocycles. The molecular weight excluding hydrogens is 428 g/mol. The Bertz CT molecular complexity index is 1450. The zero-order chi connectivity index (χ0) is 23.7. The number of hydrogen-bond donors (Lipinski definition) is 2. The molecule has 0 bridgehead atoms. The summed E-state index contributed by atoms with van der Waals surface area (Å²) in [5, 5.41) is 8.26. The van der Waals surface area contributed by atoms with Crippen molar-refractivity contribution in [2.45, 2.75) is 33.1 Å². The third-order valence-corrected chi connectivity index (χ3v) is 5.93. The molecule has 0 spiro atoms. The highest BCUT2D eigenvalue weighted by Gasteiger charge is 2.28. The summed E-state index contributed by atoms with van der Waals surface area (Å²) in [5.74, 6) is 0.295. The maximum atomic E-state index is 12.9. The van der Waals surface area contributed by atoms with Crippen molar-refractivity contribution in [2.75, 3.05) is 5.32 Å². The largest absolute Gasteiger partial charge is 0.455 e. The highest BCUT2D eigenvalue weighted by molar-refractivity contribution is 6.09. The number of nitrogens with zero attached hydrogens (tertiary/aromatic N) is 2. The third-order valence-electron chi connectivity index (χ3n) is 5.93. The lowest BCUT2D eigenvalue weighted by molar-refractivity contribution is 0.0949. The molecule has 170 valence electrons. The number of rotatable bonds is 4. The van der Waals surface area contributed by atoms with Crippen molar-refractivity contribution in [2.24, 2.45) is 5.10 Å². The monoisotopic (exact) mass is 452 g/mol. The van der Waals surface area contributed by atoms with Gasteiger partial charge in [-0.1, -0.05) is 36.4 Å². The summed E-state index contributed by atoms with van der Waals surface area (Å²) in [4.78, 5) is 30.0. The average Bonchev–Trinajstić information content (AvgIpc) is 3.19. The molecule has 0 radical (unpaired) electrons. The van der Waals surface area contributed by atoms with E-state index in [0.29, 0.717) is 29.9 Å². The number of hydrazone groups is 1. The SMILES string of the molecule is Cc1cccc(NC(=O)c2oc3c(c2C)/C(=N/NC(=O)c2ccc4ccccc4n2)CCC3)c1. The quantitative estimate of drug-likeness (QED) is 0.418. The number of hydrogen-bond acceptors (Lipinski definition) is 5. The number of amides is 2. The summed E-state index contributed by atoms with van der Waals surface area (Å²) >= 11 is 0. The standard InChI is InChI=1S/C27H24N4O3/c1-16-7-5-9-19(15-16)28-27(33)25-17(2)24-21(11-6-12-23(24)34-25)30-31-26(32)22-14-13-18-8-3-4-10-20(18)29-22/h3-5,7-10,13-15H,6,11-12H2,1-2H3,(H,28,33)(H,31,32)/b30-21+. The van der Waals surface area contributed by atoms with Gasteiger partial charge in [-0.15, -0.1) is 0 Å². The smallest absolute Gasteiger partial charge is 0.291 e. The fourth-order valence-electron chi connectivity index (χ4n) is 4.28. The number of para-hydroxylation sites is 1. The second-order valence-electron chi connectivity index (χ2n) is 8.42. The van der Waals surface area contributed by atoms with Crippen LogP contribution in [0.3, 0.4) is 0 Å². The van der Waals surface area contributed by atoms with E-state index in [9.17, 15) is 9.59 Å². The lowest BCUT2D eigenvalue weighted by atomic mass is 9.93. The van der Waals surface area contributed by atoms with E-state index in [0.717, 1.165) is 39.8 Å². The zero-order valence-electron chi connectivity index (χ0n) is 19.0. The first-order chi connectivity index (χ1) is 16.5. The number of pyridine rings is 1. The molecule has 0 saturated heterocycles. The Hall–Kier alpha value is -4.26. The number of carbonyl (C=O) groups is 2. The molecule has 4 aromatic rings. The number of aromatic nitrogens is 1. The van der Waals surface area contributed by atoms with Crippen LogP contribution in [-0.4, -0.2) is 22.5 Å². The molecule has 34 heavy (non-hydrogen) atoms. The van der Waals surface area contributed by atoms with E-state index < -0.39 is 0 Å². The van der Waals surface area contributed by atoms with E-state index in [1.807, 2.05) is 68.4 Å². The van der Waals surface area contributed by atoms with Crippen molar-refractivity contribution in [1.29, 1.82) is 0 Å². The number of aryl methyl sites for hydroxylation is 2. The summed E-state index contributed by atoms with van der Waals surface area (Å²) < 4.78 is 5.95. The predicted octanol–water partition coefficient (Wildman–Crippen LogP) is 5.17. The number of carbonyl (C=O) groups excluding carboxylic acids is 2. The number of anilines is 1. The molecule has 7 nitrogen and oxygen atoms in total. The number of fused-ring (bicyclic) bond motifs is 2. The Morgan fingerprint density at radius 1 is 0.971 bits per heavy atom. The van der Waals surface area contributed by atoms with Gasteiger partial charge in [-0.05, 0) is 56.5 Å². The van der Waals surface area contributed by atoms with Crippen LogP contribution < -0.4 is 10.7 Å². The van der Waals surface area contributed by atoms with E-state index in [1.165, 1.54) is 0 Å². The first-order valence-corrected chi connectivity index (χ1v) is 11.2. The van der Waals surface area contributed by atoms with Crippen LogP contribution in [0.2, 0.25) is 0 Å². The number of nitrogens with one attached hydrogen (secondary N) is 2. The lowest BCUT2D eigenvalue weighted by Crippen LogP contribution is -2.23. The van der Waals surface area contributed by atoms with Gasteiger partial charge in [0.05, 0.1) is 11.2 Å². The summed E-state index contributed by atoms with van der Waals surface area (Å²) in [5.41, 5.74) is 7.65. The molecule has 0 fully saturated rings. The van der Waals surface area contributed by atoms with Gasteiger partial charge in [0.1, 0.15) is 11.5 Å². The van der Waals surface area contributed by atoms with Crippen molar-refractivity contribution in [3.8, 4) is 0 Å². The average molecular weight is 453 g/mol. The molecule has 2 amide bonds. The molecule has 0 unspecified atom stereocenters. The fourth-order valence-corrected chi connectivity index (χ4v) is 4.28. The number of benzene rings is 2. The van der Waals surface area contributed by atoms with E-state index in [2.05, 4.69) is 20.8 Å². The lowest BCUT2D eigenvalue weighted by Gasteiger charge is -2.13. The van der Waals surface area contributed by atoms with Gasteiger partial charge in [0.2, 0.25) is 0 Å². The Morgan fingerprint density at radius 2 is 1.82 bits per heavy atom. The molecule has 0 saturated carbocycles. The summed E-state index contributed by atoms with van der Waals surface area (Å²) in [6, 6.07) is 18.8. The molecule has 7 heteroatoms. The first-order valence-electron chi connectivity index (χ1n) is 11.2. The van der Waals surface area contributed by atoms with E-state index in [1.54, 1.807) is 6.07 Å². The molecule has 2 N–H and O–H groups in total. The molecule has 0 aliphatic heterocycles. The predicted molar refractivity (Wildman–Crippen MR) is 131 cm³/mol. The first kappa shape index (κ1) is 21.6. The van der Waals surface area contributed by atoms with Crippen molar-refractivity contribution in [1.82, 2.24) is 10.4 Å². The maximum absolute atomic E-state index is 12.9. The third kappa shape index (κ3) is 4.20. The van der Waals surface area contributed by atoms with Crippen molar-refractivity contribution >= 4 is 34.1 Å². The number of furan rings is 1. The highest BCUT2D eigenvalue weighted by Crippen LogP contribution is 2.30. The van der Waals surface area contributed by atoms with E-state index in [4.69, 9.17) is 4.42 Å². The topological polar surface area (TPSA) is 96.6 Å². The van der Waals surface area contributed by atoms with Gasteiger partial charge in [0, 0.05) is 28.6 Å². The molecule has 2 aromatic carbocycles. The van der Waals surface area contributed by atoms with Crippen LogP contribution in [0.5, 0.6) is 0 Å². The molecule has 1 aliphatic rings. The molecule has 0 atom stereocenters. The fraction of sp³-hybridized carbons (Fsp3) is 0.185. The van der Waals surface area contributed by atoms with Gasteiger partial charge >= 0.3 is 0 Å². The summed E-state index contributed by atoms with van der Waals surface area (Å²) in [7, 11) is 0. The second-order valence-corrected chi connectivity index (χ2v) is 8.42. The highest BCUT2D eigenvalue weighted by atomic mass is 16.4. The van der Waals surface area contributed by atoms with Crippen molar-refractivity contribution in [3.05, 3.63) is 94.6 Å². The van der Waals surface area contributed by atoms with Crippen LogP contribution in [0, 0.1) is 13.8 Å². The van der Waals surface area contributed by atoms with Gasteiger partial charge in [0.15, 0.2) is 5.76 Å². The molecule has 2 aromatic heterocycles. The maximum Gasteiger partial charge on any atom is 0.291 e. The normalized spacial score (nSPS) is 14.1. The Kier molecular flexibility index (Phi) is 5.67. The summed E-state index contributed by atoms with van der Waals surface area (Å²) in [6.45, 7) is 3.82. The minimum absolute atomic E-state index is 0.267. The van der Waals surface area contributed by atoms with Gasteiger partial charge < -0.3 is 9.73 Å². The van der Waals surface area contributed by atoms with Crippen LogP contribution in [-0.2, 0) is 6.42 Å². The molecule has 1 aliphatic carbocycles. The van der Waals surface area contributed by atoms with Crippen molar-refractivity contribution < 1.29 is 14.0 Å².